The number of fused-ring (bicyclic) bond motifs is 3. The van der Waals surface area contributed by atoms with Gasteiger partial charge in [-0.3, -0.25) is 9.97 Å². The zero-order valence-corrected chi connectivity index (χ0v) is 27.0. The highest BCUT2D eigenvalue weighted by atomic mass is 28.3. The number of rotatable bonds is 5. The number of nitrogens with zero attached hydrogens (tertiary/aromatic N) is 4. The SMILES string of the molecule is CC(C)[Si](C#Cc1c(F)ccc2cccc(-c3ncc4c(N5C[C@@H]6[C@H]5CCN6C(=O)O)ccnc4c3F)c12)(C(C)C)C(C)C. The maximum absolute atomic E-state index is 16.5. The smallest absolute Gasteiger partial charge is 0.407 e. The lowest BCUT2D eigenvalue weighted by Gasteiger charge is -2.47. The van der Waals surface area contributed by atoms with E-state index in [1.165, 1.54) is 11.0 Å². The Labute approximate surface area is 258 Å². The number of benzene rings is 2. The molecule has 0 bridgehead atoms. The number of carboxylic acid groups (broad SMARTS) is 1. The molecule has 4 heterocycles. The van der Waals surface area contributed by atoms with Crippen LogP contribution in [0.2, 0.25) is 16.6 Å². The van der Waals surface area contributed by atoms with E-state index in [1.807, 2.05) is 18.2 Å². The monoisotopic (exact) mass is 612 g/mol. The summed E-state index contributed by atoms with van der Waals surface area (Å²) in [5.74, 6) is 2.29. The molecule has 6 nitrogen and oxygen atoms in total. The molecule has 9 heteroatoms. The Bertz CT molecular complexity index is 1830. The highest BCUT2D eigenvalue weighted by Crippen LogP contribution is 2.43. The number of aromatic nitrogens is 2. The fraction of sp³-hybridized carbons (Fsp3) is 0.400. The topological polar surface area (TPSA) is 69.6 Å². The zero-order valence-electron chi connectivity index (χ0n) is 26.0. The molecule has 228 valence electrons. The predicted molar refractivity (Wildman–Crippen MR) is 175 cm³/mol. The van der Waals surface area contributed by atoms with E-state index in [9.17, 15) is 9.90 Å². The van der Waals surface area contributed by atoms with E-state index in [2.05, 4.69) is 67.9 Å². The van der Waals surface area contributed by atoms with Crippen molar-refractivity contribution in [3.05, 3.63) is 66.0 Å². The van der Waals surface area contributed by atoms with Crippen LogP contribution in [0.15, 0.2) is 48.8 Å². The van der Waals surface area contributed by atoms with Gasteiger partial charge in [0.25, 0.3) is 0 Å². The van der Waals surface area contributed by atoms with Crippen molar-refractivity contribution < 1.29 is 18.7 Å². The summed E-state index contributed by atoms with van der Waals surface area (Å²) in [7, 11) is -2.17. The second kappa shape index (κ2) is 11.2. The third kappa shape index (κ3) is 4.53. The quantitative estimate of drug-likeness (QED) is 0.182. The second-order valence-electron chi connectivity index (χ2n) is 13.0. The van der Waals surface area contributed by atoms with E-state index in [0.29, 0.717) is 52.5 Å². The number of hydrogen-bond acceptors (Lipinski definition) is 4. The molecule has 2 fully saturated rings. The minimum absolute atomic E-state index is 0.0415. The normalized spacial score (nSPS) is 18.2. The highest BCUT2D eigenvalue weighted by Gasteiger charge is 2.49. The molecule has 2 aliphatic heterocycles. The van der Waals surface area contributed by atoms with Crippen molar-refractivity contribution in [2.45, 2.75) is 76.7 Å². The third-order valence-corrected chi connectivity index (χ3v) is 16.4. The Morgan fingerprint density at radius 3 is 2.41 bits per heavy atom. The average Bonchev–Trinajstić information content (AvgIpc) is 3.30. The first-order valence-electron chi connectivity index (χ1n) is 15.4. The Hall–Kier alpha value is -4.03. The van der Waals surface area contributed by atoms with Gasteiger partial charge in [0.15, 0.2) is 5.82 Å². The van der Waals surface area contributed by atoms with Crippen LogP contribution in [-0.4, -0.2) is 59.3 Å². The van der Waals surface area contributed by atoms with Crippen molar-refractivity contribution in [1.82, 2.24) is 14.9 Å². The van der Waals surface area contributed by atoms with Crippen molar-refractivity contribution in [2.24, 2.45) is 0 Å². The average molecular weight is 613 g/mol. The third-order valence-electron chi connectivity index (χ3n) is 10.1. The molecule has 4 aromatic rings. The van der Waals surface area contributed by atoms with Crippen LogP contribution in [0.25, 0.3) is 32.9 Å². The van der Waals surface area contributed by atoms with Crippen LogP contribution in [0, 0.1) is 23.1 Å². The number of amides is 1. The molecule has 0 spiro atoms. The zero-order chi connectivity index (χ0) is 31.5. The number of pyridine rings is 2. The van der Waals surface area contributed by atoms with Gasteiger partial charge in [-0.05, 0) is 40.6 Å². The number of hydrogen-bond donors (Lipinski definition) is 1. The van der Waals surface area contributed by atoms with E-state index in [4.69, 9.17) is 0 Å². The lowest BCUT2D eigenvalue weighted by atomic mass is 9.94. The summed E-state index contributed by atoms with van der Waals surface area (Å²) in [6.45, 7) is 14.3. The lowest BCUT2D eigenvalue weighted by molar-refractivity contribution is 0.129. The molecule has 1 N–H and O–H groups in total. The molecule has 0 aliphatic carbocycles. The number of likely N-dealkylation sites (tertiary alicyclic amines) is 1. The predicted octanol–water partition coefficient (Wildman–Crippen LogP) is 8.24. The van der Waals surface area contributed by atoms with Gasteiger partial charge in [0.05, 0.1) is 17.6 Å². The maximum Gasteiger partial charge on any atom is 0.407 e. The summed E-state index contributed by atoms with van der Waals surface area (Å²) in [5, 5.41) is 11.4. The molecule has 0 saturated carbocycles. The van der Waals surface area contributed by atoms with Gasteiger partial charge in [0, 0.05) is 47.5 Å². The van der Waals surface area contributed by atoms with Gasteiger partial charge in [0.2, 0.25) is 0 Å². The number of halogens is 2. The van der Waals surface area contributed by atoms with Gasteiger partial charge in [-0.25, -0.2) is 13.6 Å². The van der Waals surface area contributed by atoms with Gasteiger partial charge in [-0.2, -0.15) is 0 Å². The fourth-order valence-corrected chi connectivity index (χ4v) is 13.1. The van der Waals surface area contributed by atoms with Crippen LogP contribution in [0.4, 0.5) is 19.3 Å². The van der Waals surface area contributed by atoms with Gasteiger partial charge < -0.3 is 14.9 Å². The Morgan fingerprint density at radius 2 is 1.73 bits per heavy atom. The van der Waals surface area contributed by atoms with Crippen molar-refractivity contribution >= 4 is 41.5 Å². The van der Waals surface area contributed by atoms with Crippen molar-refractivity contribution in [2.75, 3.05) is 18.0 Å². The van der Waals surface area contributed by atoms with E-state index >= 15 is 8.78 Å². The van der Waals surface area contributed by atoms with Crippen LogP contribution in [-0.2, 0) is 0 Å². The van der Waals surface area contributed by atoms with E-state index in [-0.39, 0.29) is 28.9 Å². The molecular weight excluding hydrogens is 574 g/mol. The van der Waals surface area contributed by atoms with E-state index in [0.717, 1.165) is 11.1 Å². The summed E-state index contributed by atoms with van der Waals surface area (Å²) in [4.78, 5) is 24.2. The summed E-state index contributed by atoms with van der Waals surface area (Å²) < 4.78 is 32.1. The highest BCUT2D eigenvalue weighted by molar-refractivity contribution is 6.90. The van der Waals surface area contributed by atoms with Crippen molar-refractivity contribution in [3.8, 4) is 22.7 Å². The van der Waals surface area contributed by atoms with Crippen LogP contribution < -0.4 is 4.90 Å². The molecule has 2 atom stereocenters. The minimum atomic E-state index is -2.17. The van der Waals surface area contributed by atoms with Crippen molar-refractivity contribution in [3.63, 3.8) is 0 Å². The summed E-state index contributed by atoms with van der Waals surface area (Å²) in [5.41, 5.74) is 6.59. The first-order valence-corrected chi connectivity index (χ1v) is 17.6. The Kier molecular flexibility index (Phi) is 7.61. The first kappa shape index (κ1) is 30.0. The minimum Gasteiger partial charge on any atom is -0.465 e. The van der Waals surface area contributed by atoms with Crippen LogP contribution >= 0.6 is 0 Å². The standard InChI is InChI=1S/C35H38F2N4O2Si/c1-20(2)44(21(3)4,22(5)6)17-14-24-27(36)11-10-23-8-7-9-25(31(23)24)33-32(37)34-26(18-39-33)28(12-15-38-34)41-19-30-29(41)13-16-40(30)35(42)43/h7-12,15,18,20-22,29-30H,13,16,19H2,1-6H3,(H,42,43)/t29-,30-/m1/s1. The van der Waals surface area contributed by atoms with Crippen molar-refractivity contribution in [1.29, 1.82) is 0 Å². The summed E-state index contributed by atoms with van der Waals surface area (Å²) >= 11 is 0. The van der Waals surface area contributed by atoms with Crippen LogP contribution in [0.1, 0.15) is 53.5 Å². The second-order valence-corrected chi connectivity index (χ2v) is 18.6. The Balaban J connectivity index is 1.48. The van der Waals surface area contributed by atoms with Gasteiger partial charge in [-0.15, -0.1) is 5.54 Å². The summed E-state index contributed by atoms with van der Waals surface area (Å²) in [6, 6.07) is 10.4. The molecule has 0 unspecified atom stereocenters. The molecule has 0 radical (unpaired) electrons. The molecule has 44 heavy (non-hydrogen) atoms. The molecule has 2 aliphatic rings. The fourth-order valence-electron chi connectivity index (χ4n) is 7.91. The number of anilines is 1. The van der Waals surface area contributed by atoms with Crippen LogP contribution in [0.3, 0.4) is 0 Å². The van der Waals surface area contributed by atoms with Gasteiger partial charge in [-0.1, -0.05) is 71.7 Å². The van der Waals surface area contributed by atoms with Crippen LogP contribution in [0.5, 0.6) is 0 Å². The molecule has 2 saturated heterocycles. The molecule has 2 aromatic heterocycles. The van der Waals surface area contributed by atoms with Gasteiger partial charge >= 0.3 is 6.09 Å². The molecular formula is C35H38F2N4O2Si. The summed E-state index contributed by atoms with van der Waals surface area (Å²) in [6.07, 6.45) is 3.02. The maximum atomic E-state index is 16.5. The molecule has 6 rings (SSSR count). The first-order chi connectivity index (χ1) is 21.0. The molecule has 1 amide bonds. The number of carbonyl (C=O) groups is 1. The molecule has 2 aromatic carbocycles. The largest absolute Gasteiger partial charge is 0.465 e. The van der Waals surface area contributed by atoms with E-state index < -0.39 is 25.8 Å². The Morgan fingerprint density at radius 1 is 1.00 bits per heavy atom. The van der Waals surface area contributed by atoms with Gasteiger partial charge in [0.1, 0.15) is 25.1 Å². The van der Waals surface area contributed by atoms with E-state index in [1.54, 1.807) is 24.5 Å². The lowest BCUT2D eigenvalue weighted by Crippen LogP contribution is -2.62.